The zero-order valence-electron chi connectivity index (χ0n) is 9.04. The minimum Gasteiger partial charge on any atom is -0.409 e. The fraction of sp³-hybridized carbons (Fsp3) is 0.364. The Hall–Kier alpha value is -0.930. The van der Waals surface area contributed by atoms with Crippen LogP contribution >= 0.6 is 23.2 Å². The normalized spacial score (nSPS) is 18.8. The summed E-state index contributed by atoms with van der Waals surface area (Å²) in [6, 6.07) is 5.21. The Labute approximate surface area is 104 Å². The van der Waals surface area contributed by atoms with Gasteiger partial charge >= 0.3 is 0 Å². The molecule has 1 aromatic rings. The zero-order chi connectivity index (χ0) is 11.9. The third kappa shape index (κ3) is 1.85. The van der Waals surface area contributed by atoms with E-state index in [9.17, 15) is 0 Å². The number of nitrogens with zero attached hydrogens (tertiary/aromatic N) is 2. The van der Waals surface area contributed by atoms with Crippen LogP contribution < -0.4 is 0 Å². The van der Waals surface area contributed by atoms with Crippen molar-refractivity contribution in [2.75, 3.05) is 6.54 Å². The smallest absolute Gasteiger partial charge is 0.178 e. The first kappa shape index (κ1) is 11.6. The van der Waals surface area contributed by atoms with Crippen LogP contribution in [0.2, 0.25) is 10.0 Å². The molecule has 0 spiro atoms. The van der Waals surface area contributed by atoms with Crippen LogP contribution in [0.25, 0.3) is 0 Å². The second-order valence-corrected chi connectivity index (χ2v) is 5.23. The Kier molecular flexibility index (Phi) is 2.76. The predicted octanol–water partition coefficient (Wildman–Crippen LogP) is 3.22. The van der Waals surface area contributed by atoms with Crippen molar-refractivity contribution in [3.8, 4) is 0 Å². The summed E-state index contributed by atoms with van der Waals surface area (Å²) in [7, 11) is 0. The monoisotopic (exact) mass is 258 g/mol. The van der Waals surface area contributed by atoms with Gasteiger partial charge in [0.25, 0.3) is 0 Å². The van der Waals surface area contributed by atoms with E-state index in [4.69, 9.17) is 28.4 Å². The highest BCUT2D eigenvalue weighted by atomic mass is 35.5. The summed E-state index contributed by atoms with van der Waals surface area (Å²) in [5.41, 5.74) is 0.586. The first-order chi connectivity index (χ1) is 7.47. The summed E-state index contributed by atoms with van der Waals surface area (Å²) in [5, 5.41) is 13.4. The minimum atomic E-state index is 0.00403. The number of rotatable bonds is 1. The Morgan fingerprint density at radius 1 is 1.38 bits per heavy atom. The van der Waals surface area contributed by atoms with Gasteiger partial charge in [0.1, 0.15) is 0 Å². The zero-order valence-corrected chi connectivity index (χ0v) is 10.5. The number of oxime groups is 1. The summed E-state index contributed by atoms with van der Waals surface area (Å²) >= 11 is 12.1. The lowest BCUT2D eigenvalue weighted by atomic mass is 10.2. The highest BCUT2D eigenvalue weighted by molar-refractivity contribution is 6.40. The van der Waals surface area contributed by atoms with Crippen LogP contribution in [0.5, 0.6) is 0 Å². The summed E-state index contributed by atoms with van der Waals surface area (Å²) in [5.74, 6) is 0.431. The minimum absolute atomic E-state index is 0.00403. The van der Waals surface area contributed by atoms with Gasteiger partial charge in [-0.3, -0.25) is 0 Å². The Bertz CT molecular complexity index is 437. The lowest BCUT2D eigenvalue weighted by molar-refractivity contribution is 0.312. The molecule has 1 aliphatic heterocycles. The number of hydrogen-bond donors (Lipinski definition) is 1. The maximum absolute atomic E-state index is 9.10. The van der Waals surface area contributed by atoms with Crippen molar-refractivity contribution in [2.45, 2.75) is 19.4 Å². The van der Waals surface area contributed by atoms with Crippen LogP contribution in [-0.4, -0.2) is 28.0 Å². The van der Waals surface area contributed by atoms with E-state index in [1.807, 2.05) is 4.90 Å². The molecule has 1 aliphatic rings. The van der Waals surface area contributed by atoms with E-state index < -0.39 is 0 Å². The summed E-state index contributed by atoms with van der Waals surface area (Å²) in [4.78, 5) is 1.94. The number of amidine groups is 1. The van der Waals surface area contributed by atoms with Crippen molar-refractivity contribution in [1.82, 2.24) is 4.90 Å². The fourth-order valence-corrected chi connectivity index (χ4v) is 2.23. The molecule has 0 unspecified atom stereocenters. The highest BCUT2D eigenvalue weighted by Gasteiger charge is 2.46. The van der Waals surface area contributed by atoms with Gasteiger partial charge in [-0.25, -0.2) is 0 Å². The van der Waals surface area contributed by atoms with Crippen LogP contribution in [0.1, 0.15) is 19.4 Å². The highest BCUT2D eigenvalue weighted by Crippen LogP contribution is 2.36. The van der Waals surface area contributed by atoms with Crippen LogP contribution in [-0.2, 0) is 0 Å². The van der Waals surface area contributed by atoms with Gasteiger partial charge in [-0.05, 0) is 26.0 Å². The number of benzene rings is 1. The van der Waals surface area contributed by atoms with Crippen LogP contribution in [0.3, 0.4) is 0 Å². The predicted molar refractivity (Wildman–Crippen MR) is 65.6 cm³/mol. The van der Waals surface area contributed by atoms with Gasteiger partial charge in [0.15, 0.2) is 5.84 Å². The van der Waals surface area contributed by atoms with Crippen LogP contribution in [0.4, 0.5) is 0 Å². The quantitative estimate of drug-likeness (QED) is 0.276. The molecule has 1 saturated heterocycles. The molecule has 0 bridgehead atoms. The maximum atomic E-state index is 9.10. The SMILES string of the molecule is CC1(C)CN1/C(=N/O)c1c(Cl)cccc1Cl. The number of halogens is 2. The molecule has 86 valence electrons. The fourth-order valence-electron chi connectivity index (χ4n) is 1.66. The van der Waals surface area contributed by atoms with Crippen molar-refractivity contribution in [3.63, 3.8) is 0 Å². The summed E-state index contributed by atoms with van der Waals surface area (Å²) in [6.07, 6.45) is 0. The Morgan fingerprint density at radius 2 is 1.88 bits per heavy atom. The lowest BCUT2D eigenvalue weighted by Crippen LogP contribution is -2.20. The molecule has 16 heavy (non-hydrogen) atoms. The van der Waals surface area contributed by atoms with Gasteiger partial charge < -0.3 is 10.1 Å². The molecule has 0 amide bonds. The molecule has 0 aliphatic carbocycles. The molecule has 1 fully saturated rings. The van der Waals surface area contributed by atoms with Crippen molar-refractivity contribution in [1.29, 1.82) is 0 Å². The largest absolute Gasteiger partial charge is 0.409 e. The first-order valence-corrected chi connectivity index (χ1v) is 5.67. The van der Waals surface area contributed by atoms with E-state index in [-0.39, 0.29) is 5.54 Å². The van der Waals surface area contributed by atoms with E-state index >= 15 is 0 Å². The molecule has 0 atom stereocenters. The molecule has 2 rings (SSSR count). The standard InChI is InChI=1S/C11H12Cl2N2O/c1-11(2)6-15(11)10(14-16)9-7(12)4-3-5-8(9)13/h3-5,16H,6H2,1-2H3/b14-10+. The van der Waals surface area contributed by atoms with Crippen molar-refractivity contribution < 1.29 is 5.21 Å². The second kappa shape index (κ2) is 3.82. The molecule has 0 saturated carbocycles. The van der Waals surface area contributed by atoms with Gasteiger partial charge in [0.05, 0.1) is 21.1 Å². The van der Waals surface area contributed by atoms with Gasteiger partial charge in [0, 0.05) is 6.54 Å². The van der Waals surface area contributed by atoms with E-state index in [1.165, 1.54) is 0 Å². The maximum Gasteiger partial charge on any atom is 0.178 e. The topological polar surface area (TPSA) is 35.6 Å². The second-order valence-electron chi connectivity index (χ2n) is 4.42. The third-order valence-corrected chi connectivity index (χ3v) is 3.34. The molecule has 0 radical (unpaired) electrons. The van der Waals surface area contributed by atoms with E-state index in [0.717, 1.165) is 6.54 Å². The van der Waals surface area contributed by atoms with Crippen LogP contribution in [0, 0.1) is 0 Å². The average molecular weight is 259 g/mol. The molecule has 1 aromatic carbocycles. The van der Waals surface area contributed by atoms with Crippen molar-refractivity contribution in [2.24, 2.45) is 5.16 Å². The number of hydrogen-bond acceptors (Lipinski definition) is 2. The molecule has 1 heterocycles. The van der Waals surface area contributed by atoms with E-state index in [0.29, 0.717) is 21.4 Å². The van der Waals surface area contributed by atoms with Crippen molar-refractivity contribution >= 4 is 29.0 Å². The van der Waals surface area contributed by atoms with E-state index in [1.54, 1.807) is 18.2 Å². The van der Waals surface area contributed by atoms with Gasteiger partial charge in [0.2, 0.25) is 0 Å². The molecule has 5 heteroatoms. The first-order valence-electron chi connectivity index (χ1n) is 4.91. The Morgan fingerprint density at radius 3 is 2.25 bits per heavy atom. The van der Waals surface area contributed by atoms with Gasteiger partial charge in [-0.15, -0.1) is 0 Å². The molecule has 3 nitrogen and oxygen atoms in total. The third-order valence-electron chi connectivity index (χ3n) is 2.71. The lowest BCUT2D eigenvalue weighted by Gasteiger charge is -2.13. The van der Waals surface area contributed by atoms with Crippen molar-refractivity contribution in [3.05, 3.63) is 33.8 Å². The van der Waals surface area contributed by atoms with E-state index in [2.05, 4.69) is 19.0 Å². The Balaban J connectivity index is 2.44. The summed E-state index contributed by atoms with van der Waals surface area (Å²) in [6.45, 7) is 4.94. The molecular formula is C11H12Cl2N2O. The van der Waals surface area contributed by atoms with Gasteiger partial charge in [-0.1, -0.05) is 34.4 Å². The summed E-state index contributed by atoms with van der Waals surface area (Å²) < 4.78 is 0. The molecular weight excluding hydrogens is 247 g/mol. The molecule has 1 N–H and O–H groups in total. The van der Waals surface area contributed by atoms with Gasteiger partial charge in [-0.2, -0.15) is 0 Å². The average Bonchev–Trinajstić information content (AvgIpc) is 2.81. The van der Waals surface area contributed by atoms with Crippen LogP contribution in [0.15, 0.2) is 23.4 Å². The molecule has 0 aromatic heterocycles.